The van der Waals surface area contributed by atoms with E-state index >= 15 is 0 Å². The number of carbonyl (C=O) groups excluding carboxylic acids is 1. The van der Waals surface area contributed by atoms with Gasteiger partial charge < -0.3 is 9.72 Å². The quantitative estimate of drug-likeness (QED) is 0.247. The van der Waals surface area contributed by atoms with Gasteiger partial charge in [0.05, 0.1) is 17.6 Å². The van der Waals surface area contributed by atoms with Crippen LogP contribution in [0, 0.1) is 10.1 Å². The van der Waals surface area contributed by atoms with Crippen molar-refractivity contribution in [2.24, 2.45) is 0 Å². The van der Waals surface area contributed by atoms with Crippen LogP contribution in [0.15, 0.2) is 78.9 Å². The van der Waals surface area contributed by atoms with Gasteiger partial charge in [-0.15, -0.1) is 0 Å². The molecule has 7 heteroatoms. The van der Waals surface area contributed by atoms with Crippen molar-refractivity contribution in [3.05, 3.63) is 111 Å². The van der Waals surface area contributed by atoms with Crippen LogP contribution in [-0.4, -0.2) is 33.4 Å². The lowest BCUT2D eigenvalue weighted by molar-refractivity contribution is -0.384. The first kappa shape index (κ1) is 21.9. The molecule has 2 atom stereocenters. The highest BCUT2D eigenvalue weighted by atomic mass is 16.6. The molecule has 172 valence electrons. The van der Waals surface area contributed by atoms with E-state index in [9.17, 15) is 14.9 Å². The van der Waals surface area contributed by atoms with Crippen LogP contribution in [0.5, 0.6) is 0 Å². The topological polar surface area (TPSA) is 88.5 Å². The molecule has 4 aromatic rings. The predicted octanol–water partition coefficient (Wildman–Crippen LogP) is 5.16. The van der Waals surface area contributed by atoms with Crippen LogP contribution >= 0.6 is 0 Å². The van der Waals surface area contributed by atoms with Crippen molar-refractivity contribution < 1.29 is 14.5 Å². The number of carbonyl (C=O) groups is 1. The Bertz CT molecular complexity index is 1330. The number of nitrogens with zero attached hydrogens (tertiary/aromatic N) is 2. The number of ether oxygens (including phenoxy) is 1. The number of hydrogen-bond donors (Lipinski definition) is 1. The lowest BCUT2D eigenvalue weighted by atomic mass is 9.87. The molecule has 3 aromatic carbocycles. The number of H-pyrrole nitrogens is 1. The molecule has 1 N–H and O–H groups in total. The van der Waals surface area contributed by atoms with Gasteiger partial charge in [0.15, 0.2) is 0 Å². The molecule has 0 saturated carbocycles. The molecule has 0 radical (unpaired) electrons. The van der Waals surface area contributed by atoms with Gasteiger partial charge in [-0.05, 0) is 29.7 Å². The largest absolute Gasteiger partial charge is 0.465 e. The minimum atomic E-state index is -0.493. The number of fused-ring (bicyclic) bond motifs is 3. The Kier molecular flexibility index (Phi) is 5.86. The van der Waals surface area contributed by atoms with Crippen LogP contribution in [-0.2, 0) is 22.5 Å². The average molecular weight is 456 g/mol. The lowest BCUT2D eigenvalue weighted by Crippen LogP contribution is -2.48. The van der Waals surface area contributed by atoms with E-state index < -0.39 is 11.0 Å². The summed E-state index contributed by atoms with van der Waals surface area (Å²) in [4.78, 5) is 29.8. The third kappa shape index (κ3) is 3.95. The average Bonchev–Trinajstić information content (AvgIpc) is 3.22. The van der Waals surface area contributed by atoms with Gasteiger partial charge in [0.25, 0.3) is 5.69 Å². The van der Waals surface area contributed by atoms with Crippen molar-refractivity contribution in [1.29, 1.82) is 0 Å². The molecular formula is C27H25N3O4. The van der Waals surface area contributed by atoms with E-state index in [0.29, 0.717) is 19.6 Å². The number of non-ortho nitro benzene ring substituents is 1. The van der Waals surface area contributed by atoms with Crippen LogP contribution in [0.25, 0.3) is 10.9 Å². The maximum Gasteiger partial charge on any atom is 0.323 e. The molecule has 1 aromatic heterocycles. The predicted molar refractivity (Wildman–Crippen MR) is 129 cm³/mol. The number of esters is 1. The van der Waals surface area contributed by atoms with E-state index in [2.05, 4.69) is 16.0 Å². The van der Waals surface area contributed by atoms with Crippen molar-refractivity contribution >= 4 is 22.6 Å². The van der Waals surface area contributed by atoms with Crippen molar-refractivity contribution in [2.45, 2.75) is 32.0 Å². The van der Waals surface area contributed by atoms with E-state index in [0.717, 1.165) is 33.3 Å². The second kappa shape index (κ2) is 9.11. The Labute approximate surface area is 197 Å². The number of aromatic nitrogens is 1. The third-order valence-corrected chi connectivity index (χ3v) is 6.44. The molecule has 2 heterocycles. The standard InChI is InChI=1S/C27H25N3O4/c1-2-34-27(31)24-16-22-21-10-6-7-11-23(21)28-25(22)26(19-12-14-20(15-13-19)30(32)33)29(24)17-18-8-4-3-5-9-18/h3-15,24,26,28H,2,16-17H2,1H3/t24-,26-/m0/s1. The summed E-state index contributed by atoms with van der Waals surface area (Å²) in [5.41, 5.74) is 5.08. The molecule has 0 aliphatic carbocycles. The number of nitro groups is 1. The van der Waals surface area contributed by atoms with Gasteiger partial charge in [0.2, 0.25) is 0 Å². The van der Waals surface area contributed by atoms with Crippen LogP contribution in [0.2, 0.25) is 0 Å². The van der Waals surface area contributed by atoms with Crippen molar-refractivity contribution in [3.63, 3.8) is 0 Å². The van der Waals surface area contributed by atoms with Gasteiger partial charge in [-0.25, -0.2) is 0 Å². The highest BCUT2D eigenvalue weighted by Crippen LogP contribution is 2.42. The Morgan fingerprint density at radius 2 is 1.76 bits per heavy atom. The van der Waals surface area contributed by atoms with E-state index in [4.69, 9.17) is 4.74 Å². The number of nitrogens with one attached hydrogen (secondary N) is 1. The van der Waals surface area contributed by atoms with Gasteiger partial charge in [0.1, 0.15) is 6.04 Å². The monoisotopic (exact) mass is 455 g/mol. The van der Waals surface area contributed by atoms with Crippen molar-refractivity contribution in [2.75, 3.05) is 6.61 Å². The zero-order valence-electron chi connectivity index (χ0n) is 18.8. The van der Waals surface area contributed by atoms with E-state index in [-0.39, 0.29) is 17.7 Å². The summed E-state index contributed by atoms with van der Waals surface area (Å²) < 4.78 is 5.51. The minimum Gasteiger partial charge on any atom is -0.465 e. The Balaban J connectivity index is 1.69. The molecule has 5 rings (SSSR count). The molecule has 1 aliphatic rings. The number of aromatic amines is 1. The highest BCUT2D eigenvalue weighted by molar-refractivity contribution is 5.87. The van der Waals surface area contributed by atoms with E-state index in [1.807, 2.05) is 55.5 Å². The molecule has 34 heavy (non-hydrogen) atoms. The maximum absolute atomic E-state index is 13.2. The minimum absolute atomic E-state index is 0.0352. The second-order valence-corrected chi connectivity index (χ2v) is 8.44. The molecule has 7 nitrogen and oxygen atoms in total. The molecule has 1 aliphatic heterocycles. The Morgan fingerprint density at radius 3 is 2.47 bits per heavy atom. The molecule has 0 saturated heterocycles. The SMILES string of the molecule is CCOC(=O)[C@@H]1Cc2c([nH]c3ccccc23)[C@H](c2ccc([N+](=O)[O-])cc2)N1Cc1ccccc1. The second-order valence-electron chi connectivity index (χ2n) is 8.44. The molecule has 0 spiro atoms. The Morgan fingerprint density at radius 1 is 1.06 bits per heavy atom. The molecule has 0 amide bonds. The summed E-state index contributed by atoms with van der Waals surface area (Å²) in [6.07, 6.45) is 0.522. The number of hydrogen-bond acceptors (Lipinski definition) is 5. The summed E-state index contributed by atoms with van der Waals surface area (Å²) in [7, 11) is 0. The first-order valence-corrected chi connectivity index (χ1v) is 11.4. The fourth-order valence-corrected chi connectivity index (χ4v) is 4.92. The fraction of sp³-hybridized carbons (Fsp3) is 0.222. The van der Waals surface area contributed by atoms with Gasteiger partial charge >= 0.3 is 5.97 Å². The summed E-state index contributed by atoms with van der Waals surface area (Å²) in [6.45, 7) is 2.64. The summed E-state index contributed by atoms with van der Waals surface area (Å²) >= 11 is 0. The zero-order chi connectivity index (χ0) is 23.7. The summed E-state index contributed by atoms with van der Waals surface area (Å²) in [6, 6.07) is 23.9. The molecule has 0 fully saturated rings. The Hall–Kier alpha value is -3.97. The van der Waals surface area contributed by atoms with Crippen LogP contribution < -0.4 is 0 Å². The van der Waals surface area contributed by atoms with Crippen molar-refractivity contribution in [3.8, 4) is 0 Å². The summed E-state index contributed by atoms with van der Waals surface area (Å²) in [5, 5.41) is 12.3. The number of rotatable bonds is 6. The number of para-hydroxylation sites is 1. The molecule has 0 bridgehead atoms. The lowest BCUT2D eigenvalue weighted by Gasteiger charge is -2.41. The van der Waals surface area contributed by atoms with Gasteiger partial charge in [-0.3, -0.25) is 19.8 Å². The van der Waals surface area contributed by atoms with E-state index in [1.165, 1.54) is 12.1 Å². The number of benzene rings is 3. The zero-order valence-corrected chi connectivity index (χ0v) is 18.8. The highest BCUT2D eigenvalue weighted by Gasteiger charge is 2.41. The fourth-order valence-electron chi connectivity index (χ4n) is 4.92. The smallest absolute Gasteiger partial charge is 0.323 e. The van der Waals surface area contributed by atoms with Gasteiger partial charge in [0, 0.05) is 41.7 Å². The van der Waals surface area contributed by atoms with Crippen LogP contribution in [0.1, 0.15) is 35.3 Å². The van der Waals surface area contributed by atoms with Crippen molar-refractivity contribution in [1.82, 2.24) is 9.88 Å². The van der Waals surface area contributed by atoms with Gasteiger partial charge in [-0.1, -0.05) is 60.7 Å². The van der Waals surface area contributed by atoms with E-state index in [1.54, 1.807) is 12.1 Å². The van der Waals surface area contributed by atoms with Crippen LogP contribution in [0.4, 0.5) is 5.69 Å². The first-order valence-electron chi connectivity index (χ1n) is 11.4. The van der Waals surface area contributed by atoms with Crippen LogP contribution in [0.3, 0.4) is 0 Å². The third-order valence-electron chi connectivity index (χ3n) is 6.44. The normalized spacial score (nSPS) is 17.9. The molecule has 0 unspecified atom stereocenters. The first-order chi connectivity index (χ1) is 16.6. The maximum atomic E-state index is 13.2. The van der Waals surface area contributed by atoms with Gasteiger partial charge in [-0.2, -0.15) is 0 Å². The summed E-state index contributed by atoms with van der Waals surface area (Å²) in [5.74, 6) is -0.263. The number of nitro benzene ring substituents is 1. The molecular weight excluding hydrogens is 430 g/mol.